The average Bonchev–Trinajstić information content (AvgIpc) is 3.11. The van der Waals surface area contributed by atoms with Crippen molar-refractivity contribution in [2.45, 2.75) is 6.54 Å². The third-order valence-electron chi connectivity index (χ3n) is 4.07. The quantitative estimate of drug-likeness (QED) is 0.554. The van der Waals surface area contributed by atoms with Gasteiger partial charge in [0, 0.05) is 17.2 Å². The van der Waals surface area contributed by atoms with Crippen LogP contribution in [0, 0.1) is 0 Å². The number of nitrogens with one attached hydrogen (secondary N) is 1. The van der Waals surface area contributed by atoms with Gasteiger partial charge < -0.3 is 5.32 Å². The molecule has 1 N–H and O–H groups in total. The Morgan fingerprint density at radius 1 is 1.04 bits per heavy atom. The molecule has 0 fully saturated rings. The summed E-state index contributed by atoms with van der Waals surface area (Å²) in [5, 5.41) is 2.98. The minimum Gasteiger partial charge on any atom is -0.348 e. The van der Waals surface area contributed by atoms with Gasteiger partial charge in [0.15, 0.2) is 5.65 Å². The molecule has 0 aliphatic rings. The number of hydrogen-bond acceptors (Lipinski definition) is 3. The number of imidazole rings is 1. The zero-order valence-electron chi connectivity index (χ0n) is 13.8. The van der Waals surface area contributed by atoms with Gasteiger partial charge in [-0.05, 0) is 35.9 Å². The van der Waals surface area contributed by atoms with E-state index in [1.54, 1.807) is 18.6 Å². The summed E-state index contributed by atoms with van der Waals surface area (Å²) in [7, 11) is 0. The molecule has 128 valence electrons. The van der Waals surface area contributed by atoms with Crippen LogP contribution < -0.4 is 5.32 Å². The first-order valence-corrected chi connectivity index (χ1v) is 8.92. The van der Waals surface area contributed by atoms with E-state index in [2.05, 4.69) is 31.2 Å². The molecule has 1 amide bonds. The number of aromatic nitrogens is 3. The van der Waals surface area contributed by atoms with Crippen LogP contribution in [0.25, 0.3) is 16.9 Å². The normalized spacial score (nSPS) is 10.8. The standard InChI is InChI=1S/C20H15BrN4O/c21-15-8-9-16(20(26)23-12-14-5-2-1-3-6-14)18(11-15)25-13-24-17-7-4-10-22-19(17)25/h1-11,13H,12H2,(H,23,26). The molecule has 26 heavy (non-hydrogen) atoms. The van der Waals surface area contributed by atoms with Crippen molar-refractivity contribution in [3.8, 4) is 5.69 Å². The number of carbonyl (C=O) groups is 1. The summed E-state index contributed by atoms with van der Waals surface area (Å²) in [5.41, 5.74) is 3.83. The zero-order chi connectivity index (χ0) is 17.9. The van der Waals surface area contributed by atoms with Crippen LogP contribution in [0.4, 0.5) is 0 Å². The average molecular weight is 407 g/mol. The van der Waals surface area contributed by atoms with Crippen molar-refractivity contribution in [1.82, 2.24) is 19.9 Å². The Hall–Kier alpha value is -2.99. The van der Waals surface area contributed by atoms with Crippen LogP contribution in [0.3, 0.4) is 0 Å². The van der Waals surface area contributed by atoms with E-state index >= 15 is 0 Å². The molecule has 0 aliphatic heterocycles. The lowest BCUT2D eigenvalue weighted by atomic mass is 10.1. The van der Waals surface area contributed by atoms with Gasteiger partial charge in [0.1, 0.15) is 11.8 Å². The minimum absolute atomic E-state index is 0.144. The SMILES string of the molecule is O=C(NCc1ccccc1)c1ccc(Br)cc1-n1cnc2cccnc21. The maximum atomic E-state index is 12.8. The number of benzene rings is 2. The van der Waals surface area contributed by atoms with Gasteiger partial charge in [-0.2, -0.15) is 0 Å². The molecule has 2 aromatic carbocycles. The van der Waals surface area contributed by atoms with Crippen molar-refractivity contribution in [1.29, 1.82) is 0 Å². The second-order valence-electron chi connectivity index (χ2n) is 5.79. The van der Waals surface area contributed by atoms with E-state index in [-0.39, 0.29) is 5.91 Å². The summed E-state index contributed by atoms with van der Waals surface area (Å²) in [6.45, 7) is 0.470. The second kappa shape index (κ2) is 7.09. The molecule has 6 heteroatoms. The fourth-order valence-electron chi connectivity index (χ4n) is 2.80. The number of nitrogens with zero attached hydrogens (tertiary/aromatic N) is 3. The topological polar surface area (TPSA) is 59.8 Å². The maximum absolute atomic E-state index is 12.8. The molecule has 4 rings (SSSR count). The molecule has 0 spiro atoms. The molecule has 0 atom stereocenters. The Morgan fingerprint density at radius 2 is 1.88 bits per heavy atom. The maximum Gasteiger partial charge on any atom is 0.253 e. The van der Waals surface area contributed by atoms with E-state index in [1.807, 2.05) is 59.2 Å². The number of amides is 1. The summed E-state index contributed by atoms with van der Waals surface area (Å²) in [4.78, 5) is 21.6. The lowest BCUT2D eigenvalue weighted by Crippen LogP contribution is -2.24. The molecule has 0 saturated carbocycles. The largest absolute Gasteiger partial charge is 0.348 e. The van der Waals surface area contributed by atoms with Crippen molar-refractivity contribution < 1.29 is 4.79 Å². The highest BCUT2D eigenvalue weighted by Gasteiger charge is 2.15. The lowest BCUT2D eigenvalue weighted by Gasteiger charge is -2.12. The molecule has 4 aromatic rings. The first-order valence-electron chi connectivity index (χ1n) is 8.12. The predicted octanol–water partition coefficient (Wildman–Crippen LogP) is 4.11. The van der Waals surface area contributed by atoms with Gasteiger partial charge in [-0.3, -0.25) is 9.36 Å². The van der Waals surface area contributed by atoms with Crippen LogP contribution in [0.2, 0.25) is 0 Å². The van der Waals surface area contributed by atoms with Crippen LogP contribution in [-0.2, 0) is 6.54 Å². The number of carbonyl (C=O) groups excluding carboxylic acids is 1. The Kier molecular flexibility index (Phi) is 4.50. The molecule has 5 nitrogen and oxygen atoms in total. The Morgan fingerprint density at radius 3 is 2.73 bits per heavy atom. The van der Waals surface area contributed by atoms with Crippen LogP contribution >= 0.6 is 15.9 Å². The third kappa shape index (κ3) is 3.23. The Bertz CT molecular complexity index is 1080. The molecular weight excluding hydrogens is 392 g/mol. The monoisotopic (exact) mass is 406 g/mol. The molecular formula is C20H15BrN4O. The molecule has 0 unspecified atom stereocenters. The Balaban J connectivity index is 1.70. The second-order valence-corrected chi connectivity index (χ2v) is 6.71. The number of hydrogen-bond donors (Lipinski definition) is 1. The smallest absolute Gasteiger partial charge is 0.253 e. The lowest BCUT2D eigenvalue weighted by molar-refractivity contribution is 0.0951. The van der Waals surface area contributed by atoms with Crippen molar-refractivity contribution >= 4 is 33.0 Å². The van der Waals surface area contributed by atoms with Gasteiger partial charge in [0.2, 0.25) is 0 Å². The van der Waals surface area contributed by atoms with Crippen LogP contribution in [0.1, 0.15) is 15.9 Å². The number of pyridine rings is 1. The summed E-state index contributed by atoms with van der Waals surface area (Å²) in [6.07, 6.45) is 3.40. The van der Waals surface area contributed by atoms with E-state index in [1.165, 1.54) is 0 Å². The van der Waals surface area contributed by atoms with E-state index in [9.17, 15) is 4.79 Å². The van der Waals surface area contributed by atoms with Crippen molar-refractivity contribution in [3.63, 3.8) is 0 Å². The summed E-state index contributed by atoms with van der Waals surface area (Å²) < 4.78 is 2.71. The van der Waals surface area contributed by atoms with Gasteiger partial charge in [-0.1, -0.05) is 46.3 Å². The van der Waals surface area contributed by atoms with Gasteiger partial charge in [0.05, 0.1) is 11.3 Å². The number of rotatable bonds is 4. The van der Waals surface area contributed by atoms with Crippen LogP contribution in [0.15, 0.2) is 77.7 Å². The molecule has 0 aliphatic carbocycles. The van der Waals surface area contributed by atoms with Gasteiger partial charge in [-0.25, -0.2) is 9.97 Å². The first-order chi connectivity index (χ1) is 12.7. The van der Waals surface area contributed by atoms with Crippen molar-refractivity contribution in [2.75, 3.05) is 0 Å². The number of fused-ring (bicyclic) bond motifs is 1. The van der Waals surface area contributed by atoms with E-state index in [0.29, 0.717) is 17.8 Å². The summed E-state index contributed by atoms with van der Waals surface area (Å²) in [6, 6.07) is 19.1. The van der Waals surface area contributed by atoms with Gasteiger partial charge in [0.25, 0.3) is 5.91 Å². The predicted molar refractivity (Wildman–Crippen MR) is 104 cm³/mol. The van der Waals surface area contributed by atoms with Gasteiger partial charge >= 0.3 is 0 Å². The third-order valence-corrected chi connectivity index (χ3v) is 4.56. The molecule has 2 heterocycles. The Labute approximate surface area is 158 Å². The highest BCUT2D eigenvalue weighted by molar-refractivity contribution is 9.10. The van der Waals surface area contributed by atoms with Crippen molar-refractivity contribution in [2.24, 2.45) is 0 Å². The first kappa shape index (κ1) is 16.5. The molecule has 0 radical (unpaired) electrons. The van der Waals surface area contributed by atoms with Crippen molar-refractivity contribution in [3.05, 3.63) is 88.8 Å². The van der Waals surface area contributed by atoms with E-state index in [4.69, 9.17) is 0 Å². The number of halogens is 1. The molecule has 0 saturated heterocycles. The van der Waals surface area contributed by atoms with E-state index < -0.39 is 0 Å². The minimum atomic E-state index is -0.144. The van der Waals surface area contributed by atoms with E-state index in [0.717, 1.165) is 21.2 Å². The summed E-state index contributed by atoms with van der Waals surface area (Å²) in [5.74, 6) is -0.144. The molecule has 0 bridgehead atoms. The van der Waals surface area contributed by atoms with Crippen LogP contribution in [0.5, 0.6) is 0 Å². The fraction of sp³-hybridized carbons (Fsp3) is 0.0500. The van der Waals surface area contributed by atoms with Crippen LogP contribution in [-0.4, -0.2) is 20.4 Å². The van der Waals surface area contributed by atoms with Gasteiger partial charge in [-0.15, -0.1) is 0 Å². The zero-order valence-corrected chi connectivity index (χ0v) is 15.3. The fourth-order valence-corrected chi connectivity index (χ4v) is 3.14. The summed E-state index contributed by atoms with van der Waals surface area (Å²) >= 11 is 3.48. The highest BCUT2D eigenvalue weighted by Crippen LogP contribution is 2.23. The molecule has 2 aromatic heterocycles. The highest BCUT2D eigenvalue weighted by atomic mass is 79.9.